The van der Waals surface area contributed by atoms with E-state index >= 15 is 0 Å². The Bertz CT molecular complexity index is 296. The standard InChI is InChI=1S/C11H21N3O/c1-5-14-7-6-13-11(14)9(12)10(15-4)8(2)3/h6-10H,5,12H2,1-4H3. The highest BCUT2D eigenvalue weighted by Gasteiger charge is 2.25. The molecule has 1 aromatic rings. The largest absolute Gasteiger partial charge is 0.379 e. The lowest BCUT2D eigenvalue weighted by atomic mass is 9.99. The Labute approximate surface area is 91.4 Å². The van der Waals surface area contributed by atoms with Crippen molar-refractivity contribution in [2.75, 3.05) is 7.11 Å². The van der Waals surface area contributed by atoms with Gasteiger partial charge in [0.25, 0.3) is 0 Å². The van der Waals surface area contributed by atoms with Gasteiger partial charge in [0.15, 0.2) is 0 Å². The van der Waals surface area contributed by atoms with Crippen LogP contribution in [0.5, 0.6) is 0 Å². The minimum Gasteiger partial charge on any atom is -0.379 e. The molecule has 0 fully saturated rings. The number of imidazole rings is 1. The molecule has 0 saturated heterocycles. The van der Waals surface area contributed by atoms with Crippen LogP contribution in [0, 0.1) is 5.92 Å². The van der Waals surface area contributed by atoms with E-state index in [1.807, 2.05) is 6.20 Å². The first-order valence-electron chi connectivity index (χ1n) is 5.41. The second kappa shape index (κ2) is 5.28. The summed E-state index contributed by atoms with van der Waals surface area (Å²) in [6.07, 6.45) is 3.74. The summed E-state index contributed by atoms with van der Waals surface area (Å²) < 4.78 is 7.47. The van der Waals surface area contributed by atoms with Gasteiger partial charge in [-0.3, -0.25) is 0 Å². The molecule has 2 atom stereocenters. The van der Waals surface area contributed by atoms with Gasteiger partial charge in [-0.2, -0.15) is 0 Å². The minimum absolute atomic E-state index is 0.0118. The molecule has 0 amide bonds. The molecule has 1 aromatic heterocycles. The topological polar surface area (TPSA) is 53.1 Å². The van der Waals surface area contributed by atoms with Crippen LogP contribution in [0.15, 0.2) is 12.4 Å². The van der Waals surface area contributed by atoms with E-state index in [2.05, 4.69) is 30.3 Å². The van der Waals surface area contributed by atoms with Gasteiger partial charge < -0.3 is 15.0 Å². The van der Waals surface area contributed by atoms with E-state index < -0.39 is 0 Å². The summed E-state index contributed by atoms with van der Waals surface area (Å²) in [5.41, 5.74) is 6.16. The van der Waals surface area contributed by atoms with Crippen molar-refractivity contribution in [3.05, 3.63) is 18.2 Å². The molecule has 0 aromatic carbocycles. The Morgan fingerprint density at radius 3 is 2.67 bits per heavy atom. The second-order valence-corrected chi connectivity index (χ2v) is 4.04. The van der Waals surface area contributed by atoms with Gasteiger partial charge in [0.1, 0.15) is 5.82 Å². The van der Waals surface area contributed by atoms with Gasteiger partial charge in [-0.1, -0.05) is 13.8 Å². The van der Waals surface area contributed by atoms with Crippen LogP contribution in [0.4, 0.5) is 0 Å². The van der Waals surface area contributed by atoms with Crippen molar-refractivity contribution in [1.29, 1.82) is 0 Å². The maximum atomic E-state index is 6.16. The smallest absolute Gasteiger partial charge is 0.128 e. The average molecular weight is 211 g/mol. The highest BCUT2D eigenvalue weighted by atomic mass is 16.5. The molecule has 0 aliphatic rings. The fraction of sp³-hybridized carbons (Fsp3) is 0.727. The van der Waals surface area contributed by atoms with Crippen molar-refractivity contribution in [2.24, 2.45) is 11.7 Å². The van der Waals surface area contributed by atoms with E-state index in [1.54, 1.807) is 13.3 Å². The highest BCUT2D eigenvalue weighted by molar-refractivity contribution is 5.01. The lowest BCUT2D eigenvalue weighted by molar-refractivity contribution is 0.0406. The van der Waals surface area contributed by atoms with Crippen LogP contribution in [0.1, 0.15) is 32.6 Å². The predicted octanol–water partition coefficient (Wildman–Crippen LogP) is 1.57. The number of hydrogen-bond donors (Lipinski definition) is 1. The molecule has 15 heavy (non-hydrogen) atoms. The summed E-state index contributed by atoms with van der Waals surface area (Å²) >= 11 is 0. The number of aryl methyl sites for hydroxylation is 1. The van der Waals surface area contributed by atoms with Crippen LogP contribution in [0.3, 0.4) is 0 Å². The molecule has 2 unspecified atom stereocenters. The van der Waals surface area contributed by atoms with E-state index in [4.69, 9.17) is 10.5 Å². The Balaban J connectivity index is 2.87. The van der Waals surface area contributed by atoms with Crippen molar-refractivity contribution in [1.82, 2.24) is 9.55 Å². The van der Waals surface area contributed by atoms with Crippen LogP contribution in [0.2, 0.25) is 0 Å². The number of nitrogens with two attached hydrogens (primary N) is 1. The summed E-state index contributed by atoms with van der Waals surface area (Å²) in [6.45, 7) is 7.17. The molecule has 2 N–H and O–H groups in total. The summed E-state index contributed by atoms with van der Waals surface area (Å²) in [5.74, 6) is 1.28. The third-order valence-electron chi connectivity index (χ3n) is 2.67. The zero-order valence-corrected chi connectivity index (χ0v) is 9.97. The maximum Gasteiger partial charge on any atom is 0.128 e. The number of aromatic nitrogens is 2. The highest BCUT2D eigenvalue weighted by Crippen LogP contribution is 2.20. The molecular formula is C11H21N3O. The molecule has 86 valence electrons. The van der Waals surface area contributed by atoms with Crippen molar-refractivity contribution in [3.8, 4) is 0 Å². The average Bonchev–Trinajstić information content (AvgIpc) is 2.65. The first-order valence-corrected chi connectivity index (χ1v) is 5.41. The van der Waals surface area contributed by atoms with Crippen molar-refractivity contribution in [2.45, 2.75) is 39.5 Å². The van der Waals surface area contributed by atoms with Crippen LogP contribution < -0.4 is 5.73 Å². The Morgan fingerprint density at radius 1 is 1.53 bits per heavy atom. The van der Waals surface area contributed by atoms with Crippen molar-refractivity contribution < 1.29 is 4.74 Å². The Morgan fingerprint density at radius 2 is 2.20 bits per heavy atom. The van der Waals surface area contributed by atoms with Gasteiger partial charge in [-0.25, -0.2) is 4.98 Å². The summed E-state index contributed by atoms with van der Waals surface area (Å²) in [4.78, 5) is 4.30. The van der Waals surface area contributed by atoms with Gasteiger partial charge in [0, 0.05) is 26.0 Å². The van der Waals surface area contributed by atoms with Gasteiger partial charge in [0.05, 0.1) is 12.1 Å². The third-order valence-corrected chi connectivity index (χ3v) is 2.67. The third kappa shape index (κ3) is 2.58. The Kier molecular flexibility index (Phi) is 4.29. The summed E-state index contributed by atoms with van der Waals surface area (Å²) in [7, 11) is 1.70. The lowest BCUT2D eigenvalue weighted by Gasteiger charge is -2.25. The fourth-order valence-corrected chi connectivity index (χ4v) is 1.87. The first kappa shape index (κ1) is 12.2. The quantitative estimate of drug-likeness (QED) is 0.804. The molecule has 0 aliphatic carbocycles. The van der Waals surface area contributed by atoms with E-state index in [-0.39, 0.29) is 12.1 Å². The normalized spacial score (nSPS) is 15.6. The molecule has 0 aliphatic heterocycles. The number of nitrogens with zero attached hydrogens (tertiary/aromatic N) is 2. The van der Waals surface area contributed by atoms with Crippen LogP contribution in [-0.2, 0) is 11.3 Å². The van der Waals surface area contributed by atoms with Gasteiger partial charge >= 0.3 is 0 Å². The van der Waals surface area contributed by atoms with E-state index in [9.17, 15) is 0 Å². The van der Waals surface area contributed by atoms with Crippen LogP contribution in [0.25, 0.3) is 0 Å². The van der Waals surface area contributed by atoms with E-state index in [0.717, 1.165) is 12.4 Å². The zero-order chi connectivity index (χ0) is 11.4. The number of methoxy groups -OCH3 is 1. The molecule has 0 bridgehead atoms. The van der Waals surface area contributed by atoms with Crippen LogP contribution >= 0.6 is 0 Å². The fourth-order valence-electron chi connectivity index (χ4n) is 1.87. The number of ether oxygens (including phenoxy) is 1. The van der Waals surface area contributed by atoms with Gasteiger partial charge in [-0.15, -0.1) is 0 Å². The molecule has 0 saturated carbocycles. The van der Waals surface area contributed by atoms with Crippen molar-refractivity contribution in [3.63, 3.8) is 0 Å². The Hall–Kier alpha value is -0.870. The predicted molar refractivity (Wildman–Crippen MR) is 60.5 cm³/mol. The maximum absolute atomic E-state index is 6.16. The summed E-state index contributed by atoms with van der Waals surface area (Å²) in [5, 5.41) is 0. The number of hydrogen-bond acceptors (Lipinski definition) is 3. The lowest BCUT2D eigenvalue weighted by Crippen LogP contribution is -2.34. The molecular weight excluding hydrogens is 190 g/mol. The van der Waals surface area contributed by atoms with Crippen LogP contribution in [-0.4, -0.2) is 22.8 Å². The molecule has 4 nitrogen and oxygen atoms in total. The molecule has 1 rings (SSSR count). The van der Waals surface area contributed by atoms with Gasteiger partial charge in [-0.05, 0) is 12.8 Å². The van der Waals surface area contributed by atoms with Gasteiger partial charge in [0.2, 0.25) is 0 Å². The summed E-state index contributed by atoms with van der Waals surface area (Å²) in [6, 6.07) is -0.162. The monoisotopic (exact) mass is 211 g/mol. The molecule has 0 spiro atoms. The minimum atomic E-state index is -0.162. The zero-order valence-electron chi connectivity index (χ0n) is 9.97. The molecule has 4 heteroatoms. The van der Waals surface area contributed by atoms with Crippen molar-refractivity contribution >= 4 is 0 Å². The molecule has 0 radical (unpaired) electrons. The first-order chi connectivity index (χ1) is 7.11. The van der Waals surface area contributed by atoms with E-state index in [0.29, 0.717) is 5.92 Å². The number of rotatable bonds is 5. The second-order valence-electron chi connectivity index (χ2n) is 4.04. The van der Waals surface area contributed by atoms with E-state index in [1.165, 1.54) is 0 Å². The molecule has 1 heterocycles. The SMILES string of the molecule is CCn1ccnc1C(N)C(OC)C(C)C.